The number of guanidine groups is 1. The molecule has 142 valence electrons. The molecule has 0 radical (unpaired) electrons. The smallest absolute Gasteiger partial charge is 0.213 e. The summed E-state index contributed by atoms with van der Waals surface area (Å²) in [6.07, 6.45) is 5.05. The lowest BCUT2D eigenvalue weighted by atomic mass is 10.1. The van der Waals surface area contributed by atoms with Crippen LogP contribution in [0.25, 0.3) is 0 Å². The van der Waals surface area contributed by atoms with E-state index in [0.29, 0.717) is 13.1 Å². The first kappa shape index (κ1) is 19.8. The van der Waals surface area contributed by atoms with Crippen molar-refractivity contribution >= 4 is 16.0 Å². The third-order valence-corrected chi connectivity index (χ3v) is 6.17. The van der Waals surface area contributed by atoms with Crippen molar-refractivity contribution in [3.63, 3.8) is 0 Å². The van der Waals surface area contributed by atoms with Crippen LogP contribution in [0.4, 0.5) is 0 Å². The van der Waals surface area contributed by atoms with Gasteiger partial charge in [0.05, 0.1) is 12.0 Å². The molecule has 0 aromatic carbocycles. The molecule has 1 aliphatic heterocycles. The van der Waals surface area contributed by atoms with Crippen molar-refractivity contribution in [1.29, 1.82) is 0 Å². The maximum atomic E-state index is 11.9. The van der Waals surface area contributed by atoms with E-state index in [9.17, 15) is 8.42 Å². The Labute approximate surface area is 150 Å². The molecule has 2 heterocycles. The second kappa shape index (κ2) is 9.82. The molecule has 0 aliphatic carbocycles. The Morgan fingerprint density at radius 1 is 1.36 bits per heavy atom. The Kier molecular flexibility index (Phi) is 7.77. The topological polar surface area (TPSA) is 86.9 Å². The molecule has 0 bridgehead atoms. The number of aliphatic imine (C=N–C) groups is 1. The monoisotopic (exact) mass is 370 g/mol. The van der Waals surface area contributed by atoms with E-state index >= 15 is 0 Å². The van der Waals surface area contributed by atoms with Crippen LogP contribution < -0.4 is 10.6 Å². The SMILES string of the molecule is CCCN=C(NCCc1ccco1)NC1CCN(S(=O)(=O)CC)CC1. The second-order valence-electron chi connectivity index (χ2n) is 6.20. The van der Waals surface area contributed by atoms with Gasteiger partial charge in [-0.25, -0.2) is 12.7 Å². The van der Waals surface area contributed by atoms with Crippen molar-refractivity contribution in [3.8, 4) is 0 Å². The Bertz CT molecular complexity index is 620. The van der Waals surface area contributed by atoms with Crippen LogP contribution in [0.2, 0.25) is 0 Å². The van der Waals surface area contributed by atoms with Crippen molar-refractivity contribution in [2.24, 2.45) is 4.99 Å². The number of rotatable bonds is 8. The number of piperidine rings is 1. The quantitative estimate of drug-likeness (QED) is 0.536. The fourth-order valence-electron chi connectivity index (χ4n) is 2.79. The minimum Gasteiger partial charge on any atom is -0.469 e. The Hall–Kier alpha value is -1.54. The van der Waals surface area contributed by atoms with E-state index in [0.717, 1.165) is 50.5 Å². The number of furan rings is 1. The highest BCUT2D eigenvalue weighted by Crippen LogP contribution is 2.14. The van der Waals surface area contributed by atoms with E-state index in [-0.39, 0.29) is 11.8 Å². The number of sulfonamides is 1. The summed E-state index contributed by atoms with van der Waals surface area (Å²) < 4.78 is 30.8. The molecule has 1 saturated heterocycles. The van der Waals surface area contributed by atoms with Crippen molar-refractivity contribution < 1.29 is 12.8 Å². The van der Waals surface area contributed by atoms with Crippen LogP contribution in [0.1, 0.15) is 38.9 Å². The molecule has 25 heavy (non-hydrogen) atoms. The van der Waals surface area contributed by atoms with Gasteiger partial charge in [-0.15, -0.1) is 0 Å². The first-order chi connectivity index (χ1) is 12.0. The summed E-state index contributed by atoms with van der Waals surface area (Å²) in [5.74, 6) is 1.91. The van der Waals surface area contributed by atoms with Gasteiger partial charge in [-0.05, 0) is 38.3 Å². The molecule has 7 nitrogen and oxygen atoms in total. The summed E-state index contributed by atoms with van der Waals surface area (Å²) in [6, 6.07) is 4.09. The largest absolute Gasteiger partial charge is 0.469 e. The van der Waals surface area contributed by atoms with Crippen LogP contribution in [-0.2, 0) is 16.4 Å². The molecule has 1 aliphatic rings. The van der Waals surface area contributed by atoms with E-state index in [1.54, 1.807) is 17.5 Å². The first-order valence-electron chi connectivity index (χ1n) is 9.10. The summed E-state index contributed by atoms with van der Waals surface area (Å²) in [5.41, 5.74) is 0. The van der Waals surface area contributed by atoms with Crippen molar-refractivity contribution in [2.75, 3.05) is 31.9 Å². The zero-order chi connectivity index (χ0) is 18.1. The van der Waals surface area contributed by atoms with Gasteiger partial charge in [0.25, 0.3) is 0 Å². The van der Waals surface area contributed by atoms with Crippen molar-refractivity contribution in [2.45, 2.75) is 45.6 Å². The third-order valence-electron chi connectivity index (χ3n) is 4.29. The van der Waals surface area contributed by atoms with Crippen LogP contribution in [0.15, 0.2) is 27.8 Å². The Morgan fingerprint density at radius 2 is 2.12 bits per heavy atom. The fourth-order valence-corrected chi connectivity index (χ4v) is 3.92. The fraction of sp³-hybridized carbons (Fsp3) is 0.706. The van der Waals surface area contributed by atoms with Crippen LogP contribution in [0.5, 0.6) is 0 Å². The lowest BCUT2D eigenvalue weighted by Crippen LogP contribution is -2.50. The predicted molar refractivity (Wildman–Crippen MR) is 100 cm³/mol. The van der Waals surface area contributed by atoms with Gasteiger partial charge in [-0.3, -0.25) is 4.99 Å². The number of hydrogen-bond acceptors (Lipinski definition) is 4. The molecule has 1 aromatic rings. The summed E-state index contributed by atoms with van der Waals surface area (Å²) in [7, 11) is -3.08. The molecule has 0 atom stereocenters. The van der Waals surface area contributed by atoms with Crippen molar-refractivity contribution in [3.05, 3.63) is 24.2 Å². The van der Waals surface area contributed by atoms with E-state index < -0.39 is 10.0 Å². The molecule has 2 N–H and O–H groups in total. The van der Waals surface area contributed by atoms with E-state index in [1.165, 1.54) is 0 Å². The number of nitrogens with zero attached hydrogens (tertiary/aromatic N) is 2. The van der Waals surface area contributed by atoms with Crippen molar-refractivity contribution in [1.82, 2.24) is 14.9 Å². The van der Waals surface area contributed by atoms with E-state index in [4.69, 9.17) is 4.42 Å². The third kappa shape index (κ3) is 6.36. The lowest BCUT2D eigenvalue weighted by Gasteiger charge is -2.32. The van der Waals surface area contributed by atoms with Gasteiger partial charge in [0.15, 0.2) is 5.96 Å². The van der Waals surface area contributed by atoms with Gasteiger partial charge in [-0.2, -0.15) is 0 Å². The zero-order valence-electron chi connectivity index (χ0n) is 15.2. The normalized spacial score (nSPS) is 17.6. The average Bonchev–Trinajstić information content (AvgIpc) is 3.13. The summed E-state index contributed by atoms with van der Waals surface area (Å²) in [5, 5.41) is 6.79. The lowest BCUT2D eigenvalue weighted by molar-refractivity contribution is 0.306. The maximum absolute atomic E-state index is 11.9. The molecule has 0 saturated carbocycles. The minimum atomic E-state index is -3.08. The summed E-state index contributed by atoms with van der Waals surface area (Å²) in [6.45, 7) is 6.43. The molecular formula is C17H30N4O3S. The van der Waals surface area contributed by atoms with Gasteiger partial charge in [0.1, 0.15) is 5.76 Å². The minimum absolute atomic E-state index is 0.169. The highest BCUT2D eigenvalue weighted by Gasteiger charge is 2.26. The Morgan fingerprint density at radius 3 is 2.72 bits per heavy atom. The standard InChI is InChI=1S/C17H30N4O3S/c1-3-10-18-17(19-11-7-16-6-5-14-24-16)20-15-8-12-21(13-9-15)25(22,23)4-2/h5-6,14-15H,3-4,7-13H2,1-2H3,(H2,18,19,20). The van der Waals surface area contributed by atoms with Crippen LogP contribution in [-0.4, -0.2) is 56.7 Å². The molecule has 1 aromatic heterocycles. The van der Waals surface area contributed by atoms with Gasteiger partial charge in [0, 0.05) is 38.6 Å². The zero-order valence-corrected chi connectivity index (χ0v) is 16.0. The average molecular weight is 371 g/mol. The molecular weight excluding hydrogens is 340 g/mol. The maximum Gasteiger partial charge on any atom is 0.213 e. The highest BCUT2D eigenvalue weighted by molar-refractivity contribution is 7.89. The van der Waals surface area contributed by atoms with Gasteiger partial charge >= 0.3 is 0 Å². The van der Waals surface area contributed by atoms with Gasteiger partial charge < -0.3 is 15.1 Å². The van der Waals surface area contributed by atoms with Gasteiger partial charge in [-0.1, -0.05) is 6.92 Å². The molecule has 0 unspecified atom stereocenters. The second-order valence-corrected chi connectivity index (χ2v) is 8.46. The van der Waals surface area contributed by atoms with Crippen LogP contribution >= 0.6 is 0 Å². The summed E-state index contributed by atoms with van der Waals surface area (Å²) >= 11 is 0. The number of hydrogen-bond donors (Lipinski definition) is 2. The predicted octanol–water partition coefficient (Wildman–Crippen LogP) is 1.58. The van der Waals surface area contributed by atoms with Gasteiger partial charge in [0.2, 0.25) is 10.0 Å². The van der Waals surface area contributed by atoms with Crippen LogP contribution in [0.3, 0.4) is 0 Å². The first-order valence-corrected chi connectivity index (χ1v) is 10.7. The highest BCUT2D eigenvalue weighted by atomic mass is 32.2. The Balaban J connectivity index is 1.81. The van der Waals surface area contributed by atoms with E-state index in [2.05, 4.69) is 22.5 Å². The summed E-state index contributed by atoms with van der Waals surface area (Å²) in [4.78, 5) is 4.57. The number of nitrogens with one attached hydrogen (secondary N) is 2. The molecule has 2 rings (SSSR count). The molecule has 0 spiro atoms. The van der Waals surface area contributed by atoms with Crippen LogP contribution in [0, 0.1) is 0 Å². The molecule has 8 heteroatoms. The molecule has 0 amide bonds. The molecule has 1 fully saturated rings. The van der Waals surface area contributed by atoms with E-state index in [1.807, 2.05) is 12.1 Å².